The molecule has 138 valence electrons. The quantitative estimate of drug-likeness (QED) is 0.712. The Morgan fingerprint density at radius 2 is 1.96 bits per heavy atom. The lowest BCUT2D eigenvalue weighted by atomic mass is 9.48. The molecule has 0 bridgehead atoms. The Kier molecular flexibility index (Phi) is 3.54. The average molecular weight is 375 g/mol. The number of carboxylic acids is 1. The first-order valence-electron chi connectivity index (χ1n) is 9.14. The minimum atomic E-state index is -1.18. The standard InChI is InChI=1S/C21H23ClO4/c1-11-8-15-14-5-4-12-9-13(23)6-7-20(12,3)21(14,22)16(24)10-19(15,2)17(11)18(25)26/h4-7,9,11,14-15,17H,8,10H2,1-3H3,(H,25,26)/t11-,14+,15+,17-,19+,20+,21+/m1/s1. The Bertz CT molecular complexity index is 824. The molecule has 4 nitrogen and oxygen atoms in total. The molecule has 0 saturated heterocycles. The van der Waals surface area contributed by atoms with Gasteiger partial charge in [0, 0.05) is 17.8 Å². The summed E-state index contributed by atoms with van der Waals surface area (Å²) < 4.78 is 0. The van der Waals surface area contributed by atoms with Gasteiger partial charge >= 0.3 is 5.97 Å². The van der Waals surface area contributed by atoms with E-state index >= 15 is 0 Å². The van der Waals surface area contributed by atoms with Crippen molar-refractivity contribution in [3.63, 3.8) is 0 Å². The monoisotopic (exact) mass is 374 g/mol. The third kappa shape index (κ3) is 1.89. The van der Waals surface area contributed by atoms with Crippen molar-refractivity contribution in [2.45, 2.75) is 38.5 Å². The molecule has 26 heavy (non-hydrogen) atoms. The summed E-state index contributed by atoms with van der Waals surface area (Å²) in [7, 11) is 0. The molecule has 0 aromatic carbocycles. The molecule has 7 atom stereocenters. The number of halogens is 1. The maximum atomic E-state index is 13.4. The number of hydrogen-bond donors (Lipinski definition) is 1. The fraction of sp³-hybridized carbons (Fsp3) is 0.571. The maximum absolute atomic E-state index is 13.4. The number of fused-ring (bicyclic) bond motifs is 5. The molecule has 0 spiro atoms. The highest BCUT2D eigenvalue weighted by atomic mass is 35.5. The summed E-state index contributed by atoms with van der Waals surface area (Å²) in [6, 6.07) is 0. The molecule has 0 aromatic heterocycles. The van der Waals surface area contributed by atoms with Crippen molar-refractivity contribution in [3.8, 4) is 0 Å². The van der Waals surface area contributed by atoms with E-state index in [1.165, 1.54) is 6.08 Å². The molecule has 0 heterocycles. The van der Waals surface area contributed by atoms with Gasteiger partial charge in [-0.1, -0.05) is 32.1 Å². The van der Waals surface area contributed by atoms with Crippen molar-refractivity contribution in [2.75, 3.05) is 0 Å². The van der Waals surface area contributed by atoms with Crippen molar-refractivity contribution in [2.24, 2.45) is 34.5 Å². The van der Waals surface area contributed by atoms with Crippen LogP contribution in [0, 0.1) is 34.5 Å². The van der Waals surface area contributed by atoms with Crippen LogP contribution in [-0.2, 0) is 14.4 Å². The van der Waals surface area contributed by atoms with Crippen LogP contribution in [0.2, 0.25) is 0 Å². The van der Waals surface area contributed by atoms with Gasteiger partial charge in [-0.15, -0.1) is 11.6 Å². The van der Waals surface area contributed by atoms with E-state index in [2.05, 4.69) is 0 Å². The Balaban J connectivity index is 1.89. The second-order valence-corrected chi connectivity index (χ2v) is 9.47. The van der Waals surface area contributed by atoms with Gasteiger partial charge < -0.3 is 5.11 Å². The third-order valence-corrected chi connectivity index (χ3v) is 8.43. The van der Waals surface area contributed by atoms with E-state index in [1.54, 1.807) is 12.2 Å². The smallest absolute Gasteiger partial charge is 0.307 e. The minimum Gasteiger partial charge on any atom is -0.481 e. The number of aliphatic carboxylic acids is 1. The van der Waals surface area contributed by atoms with Crippen molar-refractivity contribution >= 4 is 29.1 Å². The number of carbonyl (C=O) groups excluding carboxylic acids is 2. The largest absolute Gasteiger partial charge is 0.481 e. The molecule has 4 aliphatic carbocycles. The molecular formula is C21H23ClO4. The molecule has 0 radical (unpaired) electrons. The zero-order chi connectivity index (χ0) is 19.1. The summed E-state index contributed by atoms with van der Waals surface area (Å²) in [5, 5.41) is 9.78. The van der Waals surface area contributed by atoms with Gasteiger partial charge in [0.15, 0.2) is 11.6 Å². The number of hydrogen-bond acceptors (Lipinski definition) is 3. The number of carbonyl (C=O) groups is 3. The molecule has 1 N–H and O–H groups in total. The van der Waals surface area contributed by atoms with Crippen LogP contribution < -0.4 is 0 Å². The van der Waals surface area contributed by atoms with Crippen LogP contribution in [0.4, 0.5) is 0 Å². The first kappa shape index (κ1) is 17.7. The lowest BCUT2D eigenvalue weighted by Crippen LogP contribution is -2.63. The van der Waals surface area contributed by atoms with E-state index in [4.69, 9.17) is 11.6 Å². The summed E-state index contributed by atoms with van der Waals surface area (Å²) in [5.41, 5.74) is -0.596. The number of carboxylic acid groups (broad SMARTS) is 1. The highest BCUT2D eigenvalue weighted by molar-refractivity contribution is 6.37. The van der Waals surface area contributed by atoms with Gasteiger partial charge in [-0.05, 0) is 48.3 Å². The second-order valence-electron chi connectivity index (χ2n) is 8.88. The van der Waals surface area contributed by atoms with Crippen molar-refractivity contribution < 1.29 is 19.5 Å². The number of ketones is 2. The Morgan fingerprint density at radius 3 is 2.62 bits per heavy atom. The highest BCUT2D eigenvalue weighted by Gasteiger charge is 2.70. The molecule has 5 heteroatoms. The Labute approximate surface area is 158 Å². The van der Waals surface area contributed by atoms with Gasteiger partial charge in [-0.3, -0.25) is 14.4 Å². The Hall–Kier alpha value is -1.68. The summed E-state index contributed by atoms with van der Waals surface area (Å²) in [6.07, 6.45) is 9.56. The SMILES string of the molecule is C[C@@H]1C[C@H]2[C@@H]3C=CC4=CC(=O)C=C[C@]4(C)[C@@]3(Cl)C(=O)C[C@]2(C)[C@H]1C(=O)O. The summed E-state index contributed by atoms with van der Waals surface area (Å²) in [6.45, 7) is 5.82. The zero-order valence-corrected chi connectivity index (χ0v) is 15.9. The van der Waals surface area contributed by atoms with Gasteiger partial charge in [0.05, 0.1) is 5.92 Å². The molecule has 2 saturated carbocycles. The maximum Gasteiger partial charge on any atom is 0.307 e. The van der Waals surface area contributed by atoms with Crippen LogP contribution in [-0.4, -0.2) is 27.5 Å². The third-order valence-electron chi connectivity index (χ3n) is 7.58. The van der Waals surface area contributed by atoms with Crippen LogP contribution >= 0.6 is 11.6 Å². The lowest BCUT2D eigenvalue weighted by molar-refractivity contribution is -0.151. The van der Waals surface area contributed by atoms with E-state index in [-0.39, 0.29) is 35.7 Å². The highest BCUT2D eigenvalue weighted by Crippen LogP contribution is 2.67. The van der Waals surface area contributed by atoms with E-state index in [0.29, 0.717) is 0 Å². The molecule has 0 aliphatic heterocycles. The first-order valence-corrected chi connectivity index (χ1v) is 9.52. The van der Waals surface area contributed by atoms with Crippen molar-refractivity contribution in [1.82, 2.24) is 0 Å². The van der Waals surface area contributed by atoms with Crippen molar-refractivity contribution in [1.29, 1.82) is 0 Å². The zero-order valence-electron chi connectivity index (χ0n) is 15.2. The lowest BCUT2D eigenvalue weighted by Gasteiger charge is -2.57. The van der Waals surface area contributed by atoms with Gasteiger partial charge in [-0.2, -0.15) is 0 Å². The van der Waals surface area contributed by atoms with Crippen LogP contribution in [0.15, 0.2) is 36.0 Å². The Morgan fingerprint density at radius 1 is 1.27 bits per heavy atom. The molecule has 4 rings (SSSR count). The van der Waals surface area contributed by atoms with Crippen LogP contribution in [0.5, 0.6) is 0 Å². The topological polar surface area (TPSA) is 71.4 Å². The number of rotatable bonds is 1. The van der Waals surface area contributed by atoms with E-state index in [9.17, 15) is 19.5 Å². The fourth-order valence-electron chi connectivity index (χ4n) is 6.31. The van der Waals surface area contributed by atoms with Crippen LogP contribution in [0.3, 0.4) is 0 Å². The molecule has 0 aromatic rings. The van der Waals surface area contributed by atoms with Gasteiger partial charge in [-0.25, -0.2) is 0 Å². The number of Topliss-reactive ketones (excluding diaryl/α,β-unsaturated/α-hetero) is 1. The van der Waals surface area contributed by atoms with Crippen LogP contribution in [0.25, 0.3) is 0 Å². The van der Waals surface area contributed by atoms with Crippen LogP contribution in [0.1, 0.15) is 33.6 Å². The van der Waals surface area contributed by atoms with Gasteiger partial charge in [0.1, 0.15) is 4.87 Å². The van der Waals surface area contributed by atoms with E-state index in [0.717, 1.165) is 12.0 Å². The number of allylic oxidation sites excluding steroid dienone is 6. The molecule has 0 amide bonds. The average Bonchev–Trinajstić information content (AvgIpc) is 2.80. The van der Waals surface area contributed by atoms with Gasteiger partial charge in [0.25, 0.3) is 0 Å². The fourth-order valence-corrected chi connectivity index (χ4v) is 6.77. The summed E-state index contributed by atoms with van der Waals surface area (Å²) in [4.78, 5) is 36.0. The predicted molar refractivity (Wildman–Crippen MR) is 97.7 cm³/mol. The van der Waals surface area contributed by atoms with E-state index in [1.807, 2.05) is 32.9 Å². The summed E-state index contributed by atoms with van der Waals surface area (Å²) >= 11 is 7.14. The molecule has 2 fully saturated rings. The molecule has 0 unspecified atom stereocenters. The first-order chi connectivity index (χ1) is 12.1. The normalized spacial score (nSPS) is 49.3. The number of alkyl halides is 1. The second kappa shape index (κ2) is 5.19. The minimum absolute atomic E-state index is 0.00376. The molecule has 4 aliphatic rings. The van der Waals surface area contributed by atoms with E-state index < -0.39 is 27.6 Å². The van der Waals surface area contributed by atoms with Gasteiger partial charge in [0.2, 0.25) is 0 Å². The summed E-state index contributed by atoms with van der Waals surface area (Å²) in [5.74, 6) is -1.81. The predicted octanol–water partition coefficient (Wildman–Crippen LogP) is 3.56. The molecular weight excluding hydrogens is 352 g/mol. The van der Waals surface area contributed by atoms with Crippen molar-refractivity contribution in [3.05, 3.63) is 36.0 Å².